The third kappa shape index (κ3) is 3.82. The zero-order valence-corrected chi connectivity index (χ0v) is 14.6. The van der Waals surface area contributed by atoms with Crippen LogP contribution >= 0.6 is 0 Å². The Bertz CT molecular complexity index is 973. The summed E-state index contributed by atoms with van der Waals surface area (Å²) >= 11 is 0. The molecule has 3 rings (SSSR count). The number of aromatic nitrogens is 5. The first-order chi connectivity index (χ1) is 12.7. The number of hydrogen-bond donors (Lipinski definition) is 0. The SMILES string of the molecule is COCc1nnc2cc(C)c(-c3cnc(OC(C)C(F)(F)F)c(F)c3)nn12. The second-order valence-electron chi connectivity index (χ2n) is 5.81. The Morgan fingerprint density at radius 2 is 1.96 bits per heavy atom. The first-order valence-corrected chi connectivity index (χ1v) is 7.81. The van der Waals surface area contributed by atoms with Crippen LogP contribution < -0.4 is 4.74 Å². The number of halogens is 4. The first kappa shape index (κ1) is 19.0. The zero-order chi connectivity index (χ0) is 19.8. The normalized spacial score (nSPS) is 13.1. The van der Waals surface area contributed by atoms with E-state index < -0.39 is 24.0 Å². The Hall–Kier alpha value is -2.82. The fraction of sp³-hybridized carbons (Fsp3) is 0.375. The van der Waals surface area contributed by atoms with Gasteiger partial charge in [-0.15, -0.1) is 10.2 Å². The van der Waals surface area contributed by atoms with Gasteiger partial charge in [0.15, 0.2) is 23.4 Å². The van der Waals surface area contributed by atoms with Gasteiger partial charge in [-0.3, -0.25) is 0 Å². The van der Waals surface area contributed by atoms with E-state index in [1.807, 2.05) is 0 Å². The van der Waals surface area contributed by atoms with Crippen LogP contribution in [0.1, 0.15) is 18.3 Å². The van der Waals surface area contributed by atoms with Crippen LogP contribution in [0.4, 0.5) is 17.6 Å². The second-order valence-corrected chi connectivity index (χ2v) is 5.81. The van der Waals surface area contributed by atoms with Crippen molar-refractivity contribution in [1.82, 2.24) is 24.8 Å². The van der Waals surface area contributed by atoms with Crippen molar-refractivity contribution >= 4 is 5.65 Å². The predicted molar refractivity (Wildman–Crippen MR) is 85.6 cm³/mol. The van der Waals surface area contributed by atoms with Gasteiger partial charge in [-0.05, 0) is 31.5 Å². The quantitative estimate of drug-likeness (QED) is 0.629. The van der Waals surface area contributed by atoms with Crippen molar-refractivity contribution in [3.63, 3.8) is 0 Å². The van der Waals surface area contributed by atoms with Crippen LogP contribution in [0.25, 0.3) is 16.9 Å². The zero-order valence-electron chi connectivity index (χ0n) is 14.6. The van der Waals surface area contributed by atoms with Crippen LogP contribution in [0.5, 0.6) is 5.88 Å². The molecule has 144 valence electrons. The van der Waals surface area contributed by atoms with E-state index in [-0.39, 0.29) is 12.2 Å². The number of nitrogens with zero attached hydrogens (tertiary/aromatic N) is 5. The molecule has 3 aromatic rings. The van der Waals surface area contributed by atoms with Crippen molar-refractivity contribution in [2.45, 2.75) is 32.7 Å². The average Bonchev–Trinajstić information content (AvgIpc) is 2.97. The van der Waals surface area contributed by atoms with E-state index in [1.54, 1.807) is 13.0 Å². The van der Waals surface area contributed by atoms with Gasteiger partial charge < -0.3 is 9.47 Å². The van der Waals surface area contributed by atoms with Gasteiger partial charge in [-0.1, -0.05) is 0 Å². The number of aryl methyl sites for hydroxylation is 1. The lowest BCUT2D eigenvalue weighted by molar-refractivity contribution is -0.190. The van der Waals surface area contributed by atoms with E-state index in [9.17, 15) is 17.6 Å². The number of ether oxygens (including phenoxy) is 2. The number of fused-ring (bicyclic) bond motifs is 1. The van der Waals surface area contributed by atoms with Crippen molar-refractivity contribution in [3.8, 4) is 17.1 Å². The molecule has 7 nitrogen and oxygen atoms in total. The molecule has 0 saturated heterocycles. The molecule has 27 heavy (non-hydrogen) atoms. The smallest absolute Gasteiger partial charge is 0.425 e. The van der Waals surface area contributed by atoms with Crippen LogP contribution in [0.2, 0.25) is 0 Å². The molecule has 0 amide bonds. The third-order valence-corrected chi connectivity index (χ3v) is 3.75. The minimum Gasteiger partial charge on any atom is -0.463 e. The van der Waals surface area contributed by atoms with E-state index in [0.29, 0.717) is 22.7 Å². The number of rotatable bonds is 5. The molecule has 0 fully saturated rings. The monoisotopic (exact) mass is 385 g/mol. The summed E-state index contributed by atoms with van der Waals surface area (Å²) in [6.45, 7) is 2.68. The molecule has 0 aliphatic carbocycles. The van der Waals surface area contributed by atoms with Crippen molar-refractivity contribution in [1.29, 1.82) is 0 Å². The third-order valence-electron chi connectivity index (χ3n) is 3.75. The van der Waals surface area contributed by atoms with E-state index in [2.05, 4.69) is 25.0 Å². The number of methoxy groups -OCH3 is 1. The molecular formula is C16H15F4N5O2. The maximum absolute atomic E-state index is 14.2. The van der Waals surface area contributed by atoms with Gasteiger partial charge in [-0.25, -0.2) is 9.37 Å². The van der Waals surface area contributed by atoms with Crippen LogP contribution in [0, 0.1) is 12.7 Å². The van der Waals surface area contributed by atoms with Gasteiger partial charge in [0.2, 0.25) is 0 Å². The average molecular weight is 385 g/mol. The van der Waals surface area contributed by atoms with Gasteiger partial charge in [0.05, 0.1) is 5.69 Å². The predicted octanol–water partition coefficient (Wildman–Crippen LogP) is 3.11. The topological polar surface area (TPSA) is 74.4 Å². The highest BCUT2D eigenvalue weighted by Crippen LogP contribution is 2.28. The summed E-state index contributed by atoms with van der Waals surface area (Å²) in [7, 11) is 1.50. The highest BCUT2D eigenvalue weighted by molar-refractivity contribution is 5.64. The summed E-state index contributed by atoms with van der Waals surface area (Å²) in [5.74, 6) is -1.31. The van der Waals surface area contributed by atoms with E-state index >= 15 is 0 Å². The lowest BCUT2D eigenvalue weighted by atomic mass is 10.1. The molecule has 0 bridgehead atoms. The maximum atomic E-state index is 14.2. The van der Waals surface area contributed by atoms with Gasteiger partial charge in [-0.2, -0.15) is 22.8 Å². The molecule has 0 aromatic carbocycles. The summed E-state index contributed by atoms with van der Waals surface area (Å²) in [6, 6.07) is 2.72. The lowest BCUT2D eigenvalue weighted by Crippen LogP contribution is -2.31. The van der Waals surface area contributed by atoms with Gasteiger partial charge in [0.25, 0.3) is 5.88 Å². The summed E-state index contributed by atoms with van der Waals surface area (Å²) in [4.78, 5) is 3.67. The van der Waals surface area contributed by atoms with Crippen LogP contribution in [0.3, 0.4) is 0 Å². The van der Waals surface area contributed by atoms with Crippen LogP contribution in [0.15, 0.2) is 18.3 Å². The first-order valence-electron chi connectivity index (χ1n) is 7.81. The largest absolute Gasteiger partial charge is 0.463 e. The highest BCUT2D eigenvalue weighted by atomic mass is 19.4. The molecule has 1 unspecified atom stereocenters. The maximum Gasteiger partial charge on any atom is 0.425 e. The molecule has 0 spiro atoms. The van der Waals surface area contributed by atoms with Crippen LogP contribution in [-0.2, 0) is 11.3 Å². The molecule has 0 saturated carbocycles. The Morgan fingerprint density at radius 3 is 2.59 bits per heavy atom. The van der Waals surface area contributed by atoms with E-state index in [1.165, 1.54) is 17.8 Å². The molecule has 0 aliphatic heterocycles. The minimum absolute atomic E-state index is 0.172. The fourth-order valence-corrected chi connectivity index (χ4v) is 2.35. The van der Waals surface area contributed by atoms with Crippen molar-refractivity contribution < 1.29 is 27.0 Å². The van der Waals surface area contributed by atoms with Crippen LogP contribution in [-0.4, -0.2) is 44.2 Å². The van der Waals surface area contributed by atoms with E-state index in [4.69, 9.17) is 4.74 Å². The minimum atomic E-state index is -4.62. The Labute approximate surface area is 151 Å². The van der Waals surface area contributed by atoms with Crippen molar-refractivity contribution in [2.75, 3.05) is 7.11 Å². The molecular weight excluding hydrogens is 370 g/mol. The number of pyridine rings is 1. The summed E-state index contributed by atoms with van der Waals surface area (Å²) in [6.07, 6.45) is -5.61. The molecule has 3 aromatic heterocycles. The lowest BCUT2D eigenvalue weighted by Gasteiger charge is -2.17. The summed E-state index contributed by atoms with van der Waals surface area (Å²) < 4.78 is 63.0. The fourth-order valence-electron chi connectivity index (χ4n) is 2.35. The van der Waals surface area contributed by atoms with Gasteiger partial charge in [0, 0.05) is 18.9 Å². The highest BCUT2D eigenvalue weighted by Gasteiger charge is 2.38. The molecule has 1 atom stereocenters. The molecule has 0 N–H and O–H groups in total. The second kappa shape index (κ2) is 7.06. The van der Waals surface area contributed by atoms with Crippen molar-refractivity contribution in [2.24, 2.45) is 0 Å². The number of hydrogen-bond acceptors (Lipinski definition) is 6. The molecule has 0 radical (unpaired) electrons. The molecule has 3 heterocycles. The Kier molecular flexibility index (Phi) is 4.96. The molecule has 0 aliphatic rings. The Morgan fingerprint density at radius 1 is 1.22 bits per heavy atom. The van der Waals surface area contributed by atoms with E-state index in [0.717, 1.165) is 13.0 Å². The van der Waals surface area contributed by atoms with Gasteiger partial charge in [0.1, 0.15) is 6.61 Å². The van der Waals surface area contributed by atoms with Crippen molar-refractivity contribution in [3.05, 3.63) is 35.5 Å². The standard InChI is InChI=1S/C16H15F4N5O2/c1-8-4-12-22-23-13(7-26-3)25(12)24-14(8)10-5-11(17)15(21-6-10)27-9(2)16(18,19)20/h4-6,9H,7H2,1-3H3. The number of alkyl halides is 3. The van der Waals surface area contributed by atoms with Gasteiger partial charge >= 0.3 is 6.18 Å². The summed E-state index contributed by atoms with van der Waals surface area (Å²) in [5, 5.41) is 12.3. The molecule has 11 heteroatoms. The summed E-state index contributed by atoms with van der Waals surface area (Å²) in [5.41, 5.74) is 1.80. The Balaban J connectivity index is 1.98.